The largest absolute Gasteiger partial charge is 0.493 e. The van der Waals surface area contributed by atoms with Gasteiger partial charge in [0.15, 0.2) is 11.5 Å². The van der Waals surface area contributed by atoms with E-state index in [4.69, 9.17) is 9.47 Å². The van der Waals surface area contributed by atoms with Crippen LogP contribution in [-0.2, 0) is 16.1 Å². The molecule has 8 nitrogen and oxygen atoms in total. The average molecular weight is 418 g/mol. The molecule has 4 amide bonds. The maximum absolute atomic E-state index is 12.7. The number of benzene rings is 1. The van der Waals surface area contributed by atoms with Crippen LogP contribution in [0.25, 0.3) is 0 Å². The van der Waals surface area contributed by atoms with E-state index < -0.39 is 12.1 Å². The molecule has 1 aliphatic carbocycles. The highest BCUT2D eigenvalue weighted by atomic mass is 16.5. The van der Waals surface area contributed by atoms with Crippen molar-refractivity contribution >= 4 is 17.8 Å². The van der Waals surface area contributed by atoms with Crippen LogP contribution in [0.1, 0.15) is 56.9 Å². The number of urea groups is 1. The molecule has 1 aliphatic heterocycles. The molecule has 1 unspecified atom stereocenters. The first kappa shape index (κ1) is 21.9. The Morgan fingerprint density at radius 2 is 1.73 bits per heavy atom. The Labute approximate surface area is 177 Å². The van der Waals surface area contributed by atoms with Gasteiger partial charge in [-0.2, -0.15) is 0 Å². The molecule has 164 valence electrons. The molecule has 2 N–H and O–H groups in total. The predicted molar refractivity (Wildman–Crippen MR) is 111 cm³/mol. The van der Waals surface area contributed by atoms with Crippen molar-refractivity contribution in [3.05, 3.63) is 23.8 Å². The van der Waals surface area contributed by atoms with E-state index in [1.54, 1.807) is 25.3 Å². The Balaban J connectivity index is 1.57. The van der Waals surface area contributed by atoms with Crippen LogP contribution in [0.3, 0.4) is 0 Å². The second kappa shape index (κ2) is 10.3. The van der Waals surface area contributed by atoms with Crippen LogP contribution >= 0.6 is 0 Å². The minimum Gasteiger partial charge on any atom is -0.493 e. The topological polar surface area (TPSA) is 97.0 Å². The van der Waals surface area contributed by atoms with E-state index in [1.807, 2.05) is 0 Å². The molecule has 1 heterocycles. The van der Waals surface area contributed by atoms with Crippen LogP contribution in [-0.4, -0.2) is 49.0 Å². The van der Waals surface area contributed by atoms with Gasteiger partial charge in [-0.05, 0) is 30.5 Å². The van der Waals surface area contributed by atoms with Gasteiger partial charge in [-0.3, -0.25) is 14.5 Å². The highest BCUT2D eigenvalue weighted by molar-refractivity contribution is 6.05. The smallest absolute Gasteiger partial charge is 0.325 e. The molecule has 1 saturated heterocycles. The number of nitrogens with zero attached hydrogens (tertiary/aromatic N) is 1. The summed E-state index contributed by atoms with van der Waals surface area (Å²) in [6.07, 6.45) is 7.81. The van der Waals surface area contributed by atoms with Gasteiger partial charge in [-0.25, -0.2) is 4.79 Å². The fraction of sp³-hybridized carbons (Fsp3) is 0.591. The summed E-state index contributed by atoms with van der Waals surface area (Å²) in [6.45, 7) is 0.103. The summed E-state index contributed by atoms with van der Waals surface area (Å²) in [7, 11) is 3.07. The van der Waals surface area contributed by atoms with Crippen molar-refractivity contribution in [3.8, 4) is 11.5 Å². The lowest BCUT2D eigenvalue weighted by Gasteiger charge is -2.21. The summed E-state index contributed by atoms with van der Waals surface area (Å²) in [5, 5.41) is 5.69. The molecule has 8 heteroatoms. The number of hydrogen-bond acceptors (Lipinski definition) is 5. The average Bonchev–Trinajstić information content (AvgIpc) is 2.97. The number of carbonyl (C=O) groups excluding carboxylic acids is 3. The molecule has 0 aromatic heterocycles. The number of nitrogens with one attached hydrogen (secondary N) is 2. The Morgan fingerprint density at radius 3 is 2.40 bits per heavy atom. The first-order chi connectivity index (χ1) is 14.5. The van der Waals surface area contributed by atoms with Gasteiger partial charge in [0, 0.05) is 6.04 Å². The number of methoxy groups -OCH3 is 2. The SMILES string of the molecule is COc1ccc(CN2C(=O)NC(CC(=O)NC3CCCCCCC3)C2=O)cc1OC. The summed E-state index contributed by atoms with van der Waals surface area (Å²) < 4.78 is 10.5. The fourth-order valence-electron chi connectivity index (χ4n) is 4.10. The summed E-state index contributed by atoms with van der Waals surface area (Å²) in [4.78, 5) is 38.7. The van der Waals surface area contributed by atoms with Crippen molar-refractivity contribution < 1.29 is 23.9 Å². The minimum absolute atomic E-state index is 0.0382. The lowest BCUT2D eigenvalue weighted by atomic mass is 9.96. The molecule has 1 saturated carbocycles. The molecule has 3 rings (SSSR count). The van der Waals surface area contributed by atoms with E-state index >= 15 is 0 Å². The van der Waals surface area contributed by atoms with Crippen molar-refractivity contribution in [3.63, 3.8) is 0 Å². The standard InChI is InChI=1S/C22H31N3O5/c1-29-18-11-10-15(12-19(18)30-2)14-25-21(27)17(24-22(25)28)13-20(26)23-16-8-6-4-3-5-7-9-16/h10-12,16-17H,3-9,13-14H2,1-2H3,(H,23,26)(H,24,28). The van der Waals surface area contributed by atoms with Crippen LogP contribution in [0.5, 0.6) is 11.5 Å². The molecule has 0 radical (unpaired) electrons. The number of hydrogen-bond donors (Lipinski definition) is 2. The molecule has 0 bridgehead atoms. The van der Waals surface area contributed by atoms with Gasteiger partial charge in [-0.1, -0.05) is 38.2 Å². The molecule has 0 spiro atoms. The lowest BCUT2D eigenvalue weighted by molar-refractivity contribution is -0.131. The van der Waals surface area contributed by atoms with Gasteiger partial charge < -0.3 is 20.1 Å². The third-order valence-electron chi connectivity index (χ3n) is 5.76. The van der Waals surface area contributed by atoms with E-state index in [-0.39, 0.29) is 30.8 Å². The monoisotopic (exact) mass is 417 g/mol. The molecule has 1 aromatic rings. The zero-order valence-corrected chi connectivity index (χ0v) is 17.7. The molecule has 1 aromatic carbocycles. The van der Waals surface area contributed by atoms with E-state index in [2.05, 4.69) is 10.6 Å². The zero-order valence-electron chi connectivity index (χ0n) is 17.7. The predicted octanol–water partition coefficient (Wildman–Crippen LogP) is 2.74. The van der Waals surface area contributed by atoms with Crippen LogP contribution in [0.4, 0.5) is 4.79 Å². The van der Waals surface area contributed by atoms with Crippen molar-refractivity contribution in [2.24, 2.45) is 0 Å². The van der Waals surface area contributed by atoms with Gasteiger partial charge >= 0.3 is 6.03 Å². The van der Waals surface area contributed by atoms with Crippen molar-refractivity contribution in [2.75, 3.05) is 14.2 Å². The van der Waals surface area contributed by atoms with Gasteiger partial charge in [0.05, 0.1) is 27.2 Å². The van der Waals surface area contributed by atoms with Gasteiger partial charge in [0.25, 0.3) is 5.91 Å². The van der Waals surface area contributed by atoms with Gasteiger partial charge in [0.1, 0.15) is 6.04 Å². The molecular weight excluding hydrogens is 386 g/mol. The third-order valence-corrected chi connectivity index (χ3v) is 5.76. The minimum atomic E-state index is -0.828. The maximum Gasteiger partial charge on any atom is 0.325 e. The van der Waals surface area contributed by atoms with Gasteiger partial charge in [0.2, 0.25) is 5.91 Å². The van der Waals surface area contributed by atoms with Gasteiger partial charge in [-0.15, -0.1) is 0 Å². The Kier molecular flexibility index (Phi) is 7.54. The zero-order chi connectivity index (χ0) is 21.5. The van der Waals surface area contributed by atoms with Crippen LogP contribution in [0.2, 0.25) is 0 Å². The third kappa shape index (κ3) is 5.43. The molecule has 30 heavy (non-hydrogen) atoms. The number of carbonyl (C=O) groups is 3. The summed E-state index contributed by atoms with van der Waals surface area (Å²) in [6, 6.07) is 4.08. The van der Waals surface area contributed by atoms with Crippen LogP contribution in [0, 0.1) is 0 Å². The second-order valence-corrected chi connectivity index (χ2v) is 7.93. The van der Waals surface area contributed by atoms with E-state index in [1.165, 1.54) is 26.4 Å². The summed E-state index contributed by atoms with van der Waals surface area (Å²) >= 11 is 0. The molecule has 2 aliphatic rings. The maximum atomic E-state index is 12.7. The quantitative estimate of drug-likeness (QED) is 0.665. The first-order valence-electron chi connectivity index (χ1n) is 10.6. The Morgan fingerprint density at radius 1 is 1.07 bits per heavy atom. The number of rotatable bonds is 7. The molecular formula is C22H31N3O5. The van der Waals surface area contributed by atoms with Crippen molar-refractivity contribution in [1.29, 1.82) is 0 Å². The normalized spacial score (nSPS) is 20.3. The Hall–Kier alpha value is -2.77. The second-order valence-electron chi connectivity index (χ2n) is 7.93. The Bertz CT molecular complexity index is 774. The molecule has 2 fully saturated rings. The number of amides is 4. The van der Waals surface area contributed by atoms with Crippen molar-refractivity contribution in [1.82, 2.24) is 15.5 Å². The summed E-state index contributed by atoms with van der Waals surface area (Å²) in [5.74, 6) is 0.522. The van der Waals surface area contributed by atoms with Crippen molar-refractivity contribution in [2.45, 2.75) is 70.0 Å². The summed E-state index contributed by atoms with van der Waals surface area (Å²) in [5.41, 5.74) is 0.732. The highest BCUT2D eigenvalue weighted by Crippen LogP contribution is 2.28. The van der Waals surface area contributed by atoms with E-state index in [9.17, 15) is 14.4 Å². The molecule has 1 atom stereocenters. The van der Waals surface area contributed by atoms with E-state index in [0.29, 0.717) is 11.5 Å². The van der Waals surface area contributed by atoms with E-state index in [0.717, 1.165) is 36.1 Å². The van der Waals surface area contributed by atoms with Crippen LogP contribution < -0.4 is 20.1 Å². The first-order valence-corrected chi connectivity index (χ1v) is 10.6. The number of imide groups is 1. The number of ether oxygens (including phenoxy) is 2. The fourth-order valence-corrected chi connectivity index (χ4v) is 4.10. The lowest BCUT2D eigenvalue weighted by Crippen LogP contribution is -2.40. The van der Waals surface area contributed by atoms with Crippen LogP contribution in [0.15, 0.2) is 18.2 Å². The highest BCUT2D eigenvalue weighted by Gasteiger charge is 2.39.